The molecule has 18 heavy (non-hydrogen) atoms. The second kappa shape index (κ2) is 4.72. The molecule has 0 aromatic carbocycles. The van der Waals surface area contributed by atoms with E-state index >= 15 is 0 Å². The number of piperidine rings is 1. The molecule has 0 saturated carbocycles. The maximum absolute atomic E-state index is 10.8. The molecule has 3 rings (SSSR count). The van der Waals surface area contributed by atoms with Gasteiger partial charge in [-0.2, -0.15) is 0 Å². The van der Waals surface area contributed by atoms with Gasteiger partial charge in [0.1, 0.15) is 12.1 Å². The first kappa shape index (κ1) is 11.7. The monoisotopic (exact) mass is 263 g/mol. The lowest BCUT2D eigenvalue weighted by Gasteiger charge is -2.42. The van der Waals surface area contributed by atoms with Crippen molar-refractivity contribution >= 4 is 22.8 Å². The van der Waals surface area contributed by atoms with Crippen LogP contribution in [0.15, 0.2) is 17.3 Å². The summed E-state index contributed by atoms with van der Waals surface area (Å²) in [6.07, 6.45) is 5.31. The lowest BCUT2D eigenvalue weighted by molar-refractivity contribution is -0.112. The van der Waals surface area contributed by atoms with Crippen molar-refractivity contribution in [3.8, 4) is 0 Å². The topological polar surface area (TPSA) is 36.4 Å². The van der Waals surface area contributed by atoms with Gasteiger partial charge in [-0.25, -0.2) is 4.98 Å². The molecule has 0 aliphatic carbocycles. The number of carbonyl (C=O) groups excluding carboxylic acids is 1. The van der Waals surface area contributed by atoms with Crippen LogP contribution in [0.2, 0.25) is 0 Å². The number of anilines is 1. The molecular formula is C13H17N3OS. The molecule has 0 unspecified atom stereocenters. The fourth-order valence-electron chi connectivity index (χ4n) is 2.47. The standard InChI is InChI=1S/C13H17N3OS/c1-10-9-18-13(14-10)16-7-4-12(16)15-5-2-11(8-17)3-6-15/h4,8-9,11H,2-3,5-7H2,1H3. The Kier molecular flexibility index (Phi) is 3.07. The van der Waals surface area contributed by atoms with E-state index in [2.05, 4.69) is 26.2 Å². The molecule has 0 bridgehead atoms. The van der Waals surface area contributed by atoms with Crippen molar-refractivity contribution < 1.29 is 4.79 Å². The van der Waals surface area contributed by atoms with Gasteiger partial charge in [0, 0.05) is 30.9 Å². The summed E-state index contributed by atoms with van der Waals surface area (Å²) in [5.74, 6) is 1.53. The van der Waals surface area contributed by atoms with E-state index < -0.39 is 0 Å². The molecule has 96 valence electrons. The van der Waals surface area contributed by atoms with Crippen LogP contribution in [-0.4, -0.2) is 35.8 Å². The molecule has 0 atom stereocenters. The Balaban J connectivity index is 1.66. The average molecular weight is 263 g/mol. The minimum Gasteiger partial charge on any atom is -0.358 e. The summed E-state index contributed by atoms with van der Waals surface area (Å²) in [6, 6.07) is 0. The number of aldehydes is 1. The van der Waals surface area contributed by atoms with Crippen molar-refractivity contribution in [2.24, 2.45) is 5.92 Å². The Morgan fingerprint density at radius 2 is 2.22 bits per heavy atom. The summed E-state index contributed by atoms with van der Waals surface area (Å²) in [5, 5.41) is 3.17. The van der Waals surface area contributed by atoms with Crippen molar-refractivity contribution in [2.75, 3.05) is 24.5 Å². The minimum absolute atomic E-state index is 0.262. The lowest BCUT2D eigenvalue weighted by Crippen LogP contribution is -2.45. The van der Waals surface area contributed by atoms with E-state index in [0.29, 0.717) is 0 Å². The van der Waals surface area contributed by atoms with Gasteiger partial charge in [-0.05, 0) is 25.8 Å². The molecule has 3 heterocycles. The summed E-state index contributed by atoms with van der Waals surface area (Å²) in [5.41, 5.74) is 1.08. The van der Waals surface area contributed by atoms with Gasteiger partial charge in [-0.1, -0.05) is 0 Å². The van der Waals surface area contributed by atoms with Gasteiger partial charge in [-0.15, -0.1) is 11.3 Å². The highest BCUT2D eigenvalue weighted by Gasteiger charge is 2.29. The Morgan fingerprint density at radius 3 is 2.72 bits per heavy atom. The van der Waals surface area contributed by atoms with Crippen LogP contribution in [0.5, 0.6) is 0 Å². The smallest absolute Gasteiger partial charge is 0.191 e. The van der Waals surface area contributed by atoms with Gasteiger partial charge in [0.2, 0.25) is 0 Å². The number of hydrogen-bond donors (Lipinski definition) is 0. The zero-order chi connectivity index (χ0) is 12.5. The van der Waals surface area contributed by atoms with Crippen molar-refractivity contribution in [1.82, 2.24) is 9.88 Å². The largest absolute Gasteiger partial charge is 0.358 e. The van der Waals surface area contributed by atoms with Crippen LogP contribution >= 0.6 is 11.3 Å². The summed E-state index contributed by atoms with van der Waals surface area (Å²) in [6.45, 7) is 4.95. The van der Waals surface area contributed by atoms with Crippen LogP contribution < -0.4 is 4.90 Å². The Bertz CT molecular complexity index is 474. The highest BCUT2D eigenvalue weighted by atomic mass is 32.1. The Morgan fingerprint density at radius 1 is 1.44 bits per heavy atom. The summed E-state index contributed by atoms with van der Waals surface area (Å²) in [4.78, 5) is 19.9. The van der Waals surface area contributed by atoms with E-state index in [9.17, 15) is 4.79 Å². The number of aromatic nitrogens is 1. The molecule has 0 N–H and O–H groups in total. The third-order valence-corrected chi connectivity index (χ3v) is 4.61. The predicted octanol–water partition coefficient (Wildman–Crippen LogP) is 2.02. The number of carbonyl (C=O) groups is 1. The molecule has 1 aromatic heterocycles. The molecule has 5 heteroatoms. The third kappa shape index (κ3) is 2.03. The second-order valence-corrected chi connectivity index (χ2v) is 5.74. The summed E-state index contributed by atoms with van der Waals surface area (Å²) in [7, 11) is 0. The Labute approximate surface area is 111 Å². The van der Waals surface area contributed by atoms with Gasteiger partial charge >= 0.3 is 0 Å². The first-order valence-electron chi connectivity index (χ1n) is 6.38. The van der Waals surface area contributed by atoms with Gasteiger partial charge in [0.05, 0.1) is 5.69 Å². The van der Waals surface area contributed by atoms with Crippen LogP contribution in [0.1, 0.15) is 18.5 Å². The zero-order valence-electron chi connectivity index (χ0n) is 10.5. The SMILES string of the molecule is Cc1csc(N2CC=C2N2CCC(C=O)CC2)n1. The highest BCUT2D eigenvalue weighted by Crippen LogP contribution is 2.32. The number of nitrogens with zero attached hydrogens (tertiary/aromatic N) is 3. The minimum atomic E-state index is 0.262. The maximum atomic E-state index is 10.8. The lowest BCUT2D eigenvalue weighted by atomic mass is 9.98. The first-order valence-corrected chi connectivity index (χ1v) is 7.26. The average Bonchev–Trinajstić information content (AvgIpc) is 2.75. The summed E-state index contributed by atoms with van der Waals surface area (Å²) >= 11 is 1.70. The van der Waals surface area contributed by atoms with Crippen molar-refractivity contribution in [1.29, 1.82) is 0 Å². The van der Waals surface area contributed by atoms with E-state index in [1.54, 1.807) is 11.3 Å². The molecule has 1 saturated heterocycles. The predicted molar refractivity (Wildman–Crippen MR) is 72.6 cm³/mol. The molecule has 2 aliphatic rings. The molecule has 1 fully saturated rings. The van der Waals surface area contributed by atoms with Gasteiger partial charge in [0.15, 0.2) is 5.13 Å². The van der Waals surface area contributed by atoms with Gasteiger partial charge < -0.3 is 14.6 Å². The quantitative estimate of drug-likeness (QED) is 0.782. The van der Waals surface area contributed by atoms with E-state index in [1.165, 1.54) is 5.82 Å². The Hall–Kier alpha value is -1.36. The number of thiazole rings is 1. The molecule has 0 amide bonds. The molecule has 4 nitrogen and oxygen atoms in total. The van der Waals surface area contributed by atoms with Crippen molar-refractivity contribution in [3.63, 3.8) is 0 Å². The van der Waals surface area contributed by atoms with Crippen LogP contribution in [0.4, 0.5) is 5.13 Å². The van der Waals surface area contributed by atoms with Crippen molar-refractivity contribution in [3.05, 3.63) is 23.0 Å². The molecule has 2 aliphatic heterocycles. The van der Waals surface area contributed by atoms with E-state index in [4.69, 9.17) is 0 Å². The number of hydrogen-bond acceptors (Lipinski definition) is 5. The van der Waals surface area contributed by atoms with E-state index in [0.717, 1.165) is 49.6 Å². The van der Waals surface area contributed by atoms with Crippen LogP contribution in [0.3, 0.4) is 0 Å². The van der Waals surface area contributed by atoms with Gasteiger partial charge in [0.25, 0.3) is 0 Å². The normalized spacial score (nSPS) is 20.6. The van der Waals surface area contributed by atoms with Crippen LogP contribution in [-0.2, 0) is 4.79 Å². The molecule has 0 radical (unpaired) electrons. The van der Waals surface area contributed by atoms with Gasteiger partial charge in [-0.3, -0.25) is 0 Å². The zero-order valence-corrected chi connectivity index (χ0v) is 11.3. The number of aryl methyl sites for hydroxylation is 1. The fourth-order valence-corrected chi connectivity index (χ4v) is 3.29. The maximum Gasteiger partial charge on any atom is 0.191 e. The highest BCUT2D eigenvalue weighted by molar-refractivity contribution is 7.13. The number of likely N-dealkylation sites (tertiary alicyclic amines) is 1. The van der Waals surface area contributed by atoms with Crippen LogP contribution in [0, 0.1) is 12.8 Å². The van der Waals surface area contributed by atoms with E-state index in [-0.39, 0.29) is 5.92 Å². The van der Waals surface area contributed by atoms with Crippen molar-refractivity contribution in [2.45, 2.75) is 19.8 Å². The summed E-state index contributed by atoms with van der Waals surface area (Å²) < 4.78 is 0. The second-order valence-electron chi connectivity index (χ2n) is 4.90. The molecule has 0 spiro atoms. The molecule has 1 aromatic rings. The van der Waals surface area contributed by atoms with Crippen LogP contribution in [0.25, 0.3) is 0 Å². The first-order chi connectivity index (χ1) is 8.78. The third-order valence-electron chi connectivity index (χ3n) is 3.63. The van der Waals surface area contributed by atoms with E-state index in [1.807, 2.05) is 6.92 Å². The fraction of sp³-hybridized carbons (Fsp3) is 0.538. The molecular weight excluding hydrogens is 246 g/mol. The number of rotatable bonds is 3.